The average molecular weight is 392 g/mol. The fraction of sp³-hybridized carbons (Fsp3) is 0.211. The zero-order chi connectivity index (χ0) is 19.1. The Bertz CT molecular complexity index is 1100. The van der Waals surface area contributed by atoms with Gasteiger partial charge < -0.3 is 20.6 Å². The van der Waals surface area contributed by atoms with Gasteiger partial charge in [0.2, 0.25) is 0 Å². The Morgan fingerprint density at radius 2 is 1.78 bits per heavy atom. The predicted molar refractivity (Wildman–Crippen MR) is 100.0 cm³/mol. The zero-order valence-electron chi connectivity index (χ0n) is 15.3. The van der Waals surface area contributed by atoms with E-state index in [4.69, 9.17) is 0 Å². The number of sulfone groups is 1. The monoisotopic (exact) mass is 392 g/mol. The van der Waals surface area contributed by atoms with Crippen LogP contribution in [0, 0.1) is 12.7 Å². The first kappa shape index (κ1) is 20.6. The lowest BCUT2D eigenvalue weighted by atomic mass is 10.0. The number of aromatic nitrogens is 1. The summed E-state index contributed by atoms with van der Waals surface area (Å²) >= 11 is 0. The molecule has 0 saturated heterocycles. The van der Waals surface area contributed by atoms with Crippen molar-refractivity contribution in [1.29, 1.82) is 0 Å². The lowest BCUT2D eigenvalue weighted by Gasteiger charge is -2.09. The molecule has 1 aromatic heterocycles. The molecule has 2 aromatic carbocycles. The van der Waals surface area contributed by atoms with Gasteiger partial charge in [0.1, 0.15) is 5.82 Å². The third-order valence-electron chi connectivity index (χ3n) is 4.44. The van der Waals surface area contributed by atoms with Crippen LogP contribution >= 0.6 is 0 Å². The summed E-state index contributed by atoms with van der Waals surface area (Å²) in [6, 6.07) is 10.7. The van der Waals surface area contributed by atoms with Crippen LogP contribution in [0.25, 0.3) is 10.9 Å². The van der Waals surface area contributed by atoms with Crippen molar-refractivity contribution >= 4 is 26.7 Å². The normalized spacial score (nSPS) is 11.4. The lowest BCUT2D eigenvalue weighted by molar-refractivity contribution is -0.306. The summed E-state index contributed by atoms with van der Waals surface area (Å²) in [6.45, 7) is 1.46. The van der Waals surface area contributed by atoms with Crippen molar-refractivity contribution in [2.45, 2.75) is 24.8 Å². The summed E-state index contributed by atoms with van der Waals surface area (Å²) in [4.78, 5) is 11.3. The highest BCUT2D eigenvalue weighted by Gasteiger charge is 2.16. The number of fused-ring (bicyclic) bond motifs is 1. The van der Waals surface area contributed by atoms with Crippen LogP contribution in [0.2, 0.25) is 0 Å². The Morgan fingerprint density at radius 3 is 2.33 bits per heavy atom. The van der Waals surface area contributed by atoms with Crippen LogP contribution in [-0.2, 0) is 27.6 Å². The molecule has 0 aliphatic rings. The van der Waals surface area contributed by atoms with E-state index in [0.717, 1.165) is 17.4 Å². The Labute approximate surface area is 156 Å². The fourth-order valence-corrected chi connectivity index (χ4v) is 3.77. The van der Waals surface area contributed by atoms with Gasteiger partial charge in [0, 0.05) is 22.9 Å². The highest BCUT2D eigenvalue weighted by molar-refractivity contribution is 7.90. The lowest BCUT2D eigenvalue weighted by Crippen LogP contribution is -2.27. The molecule has 0 unspecified atom stereocenters. The maximum absolute atomic E-state index is 13.7. The number of halogens is 1. The number of aliphatic carboxylic acids is 1. The van der Waals surface area contributed by atoms with E-state index in [1.165, 1.54) is 24.3 Å². The Hall–Kier alpha value is -2.71. The van der Waals surface area contributed by atoms with Crippen LogP contribution in [0.15, 0.2) is 47.4 Å². The second-order valence-electron chi connectivity index (χ2n) is 6.28. The van der Waals surface area contributed by atoms with Gasteiger partial charge in [0.25, 0.3) is 0 Å². The molecule has 3 rings (SSSR count). The number of benzene rings is 2. The average Bonchev–Trinajstić information content (AvgIpc) is 2.79. The van der Waals surface area contributed by atoms with Gasteiger partial charge in [0.15, 0.2) is 9.84 Å². The smallest absolute Gasteiger partial charge is 0.175 e. The Kier molecular flexibility index (Phi) is 5.72. The van der Waals surface area contributed by atoms with Gasteiger partial charge in [-0.3, -0.25) is 0 Å². The van der Waals surface area contributed by atoms with Crippen LogP contribution in [0.4, 0.5) is 4.39 Å². The summed E-state index contributed by atoms with van der Waals surface area (Å²) in [5.41, 5.74) is 2.97. The number of carbonyl (C=O) groups excluding carboxylic acids is 1. The molecule has 8 heteroatoms. The van der Waals surface area contributed by atoms with Crippen LogP contribution in [0.3, 0.4) is 0 Å². The predicted octanol–water partition coefficient (Wildman–Crippen LogP) is 2.21. The SMILES string of the molecule is Cc1c(Cc2ccc(S(C)(=O)=O)cc2)c2cc(F)ccc2n1CC(=O)[O-].[NH4+]. The molecule has 0 saturated carbocycles. The van der Waals surface area contributed by atoms with Gasteiger partial charge in [0.05, 0.1) is 17.4 Å². The van der Waals surface area contributed by atoms with E-state index >= 15 is 0 Å². The van der Waals surface area contributed by atoms with Crippen molar-refractivity contribution in [3.63, 3.8) is 0 Å². The summed E-state index contributed by atoms with van der Waals surface area (Å²) < 4.78 is 38.5. The molecule has 0 bridgehead atoms. The van der Waals surface area contributed by atoms with Crippen LogP contribution < -0.4 is 11.3 Å². The van der Waals surface area contributed by atoms with Crippen molar-refractivity contribution in [1.82, 2.24) is 10.7 Å². The van der Waals surface area contributed by atoms with Gasteiger partial charge in [-0.2, -0.15) is 0 Å². The molecule has 6 nitrogen and oxygen atoms in total. The third-order valence-corrected chi connectivity index (χ3v) is 5.56. The van der Waals surface area contributed by atoms with E-state index in [2.05, 4.69) is 0 Å². The number of nitrogens with zero attached hydrogens (tertiary/aromatic N) is 1. The van der Waals surface area contributed by atoms with Crippen LogP contribution in [0.5, 0.6) is 0 Å². The highest BCUT2D eigenvalue weighted by atomic mass is 32.2. The number of rotatable bonds is 5. The summed E-state index contributed by atoms with van der Waals surface area (Å²) in [5, 5.41) is 11.7. The van der Waals surface area contributed by atoms with Gasteiger partial charge in [-0.1, -0.05) is 12.1 Å². The standard InChI is InChI=1S/C19H18FNO4S.H3N/c1-12-16(9-13-3-6-15(7-4-13)26(2,24)25)17-10-14(20)5-8-18(17)21(12)11-19(22)23;/h3-8,10H,9,11H2,1-2H3,(H,22,23);1H3. The molecule has 4 N–H and O–H groups in total. The van der Waals surface area contributed by atoms with Crippen molar-refractivity contribution in [2.24, 2.45) is 0 Å². The molecule has 0 amide bonds. The van der Waals surface area contributed by atoms with E-state index < -0.39 is 21.6 Å². The molecule has 144 valence electrons. The number of hydrogen-bond acceptors (Lipinski definition) is 4. The molecule has 0 radical (unpaired) electrons. The molecule has 3 aromatic rings. The van der Waals surface area contributed by atoms with Crippen molar-refractivity contribution in [3.8, 4) is 0 Å². The molecule has 0 aliphatic heterocycles. The van der Waals surface area contributed by atoms with Gasteiger partial charge in [-0.15, -0.1) is 0 Å². The van der Waals surface area contributed by atoms with Crippen LogP contribution in [0.1, 0.15) is 16.8 Å². The van der Waals surface area contributed by atoms with E-state index in [1.807, 2.05) is 0 Å². The number of carboxylic acids is 1. The molecule has 1 heterocycles. The van der Waals surface area contributed by atoms with Crippen molar-refractivity contribution in [3.05, 3.63) is 65.1 Å². The van der Waals surface area contributed by atoms with E-state index in [9.17, 15) is 22.7 Å². The molecular weight excluding hydrogens is 371 g/mol. The van der Waals surface area contributed by atoms with Crippen LogP contribution in [-0.4, -0.2) is 25.2 Å². The van der Waals surface area contributed by atoms with E-state index in [-0.39, 0.29) is 17.6 Å². The largest absolute Gasteiger partial charge is 0.548 e. The fourth-order valence-electron chi connectivity index (χ4n) is 3.14. The second kappa shape index (κ2) is 7.50. The minimum absolute atomic E-state index is 0. The summed E-state index contributed by atoms with van der Waals surface area (Å²) in [7, 11) is -3.28. The first-order valence-corrected chi connectivity index (χ1v) is 9.82. The third kappa shape index (κ3) is 4.17. The maximum Gasteiger partial charge on any atom is 0.175 e. The molecule has 27 heavy (non-hydrogen) atoms. The second-order valence-corrected chi connectivity index (χ2v) is 8.29. The summed E-state index contributed by atoms with van der Waals surface area (Å²) in [6.07, 6.45) is 1.57. The minimum Gasteiger partial charge on any atom is -0.548 e. The topological polar surface area (TPSA) is 116 Å². The van der Waals surface area contributed by atoms with E-state index in [1.54, 1.807) is 29.7 Å². The molecule has 0 aliphatic carbocycles. The Morgan fingerprint density at radius 1 is 1.15 bits per heavy atom. The number of carbonyl (C=O) groups is 1. The number of carboxylic acid groups (broad SMARTS) is 1. The van der Waals surface area contributed by atoms with Gasteiger partial charge in [-0.25, -0.2) is 12.8 Å². The number of hydrogen-bond donors (Lipinski definition) is 1. The first-order chi connectivity index (χ1) is 12.2. The molecule has 0 spiro atoms. The number of quaternary nitrogens is 1. The van der Waals surface area contributed by atoms with Gasteiger partial charge in [-0.05, 0) is 54.8 Å². The molecule has 0 atom stereocenters. The maximum atomic E-state index is 13.7. The zero-order valence-corrected chi connectivity index (χ0v) is 16.1. The minimum atomic E-state index is -3.28. The summed E-state index contributed by atoms with van der Waals surface area (Å²) in [5.74, 6) is -1.63. The Balaban J connectivity index is 0.00000261. The molecular formula is C19H21FN2O4S. The molecule has 0 fully saturated rings. The van der Waals surface area contributed by atoms with Crippen molar-refractivity contribution in [2.75, 3.05) is 6.26 Å². The van der Waals surface area contributed by atoms with E-state index in [0.29, 0.717) is 23.0 Å². The van der Waals surface area contributed by atoms with Crippen molar-refractivity contribution < 1.29 is 22.7 Å². The highest BCUT2D eigenvalue weighted by Crippen LogP contribution is 2.29. The quantitative estimate of drug-likeness (QED) is 0.716. The van der Waals surface area contributed by atoms with Gasteiger partial charge >= 0.3 is 0 Å². The first-order valence-electron chi connectivity index (χ1n) is 7.93.